The molecule has 0 radical (unpaired) electrons. The van der Waals surface area contributed by atoms with Crippen LogP contribution in [-0.4, -0.2) is 41.0 Å². The number of carbonyl (C=O) groups excluding carboxylic acids is 2. The van der Waals surface area contributed by atoms with E-state index in [0.29, 0.717) is 42.3 Å². The molecule has 39 heavy (non-hydrogen) atoms. The summed E-state index contributed by atoms with van der Waals surface area (Å²) in [6.07, 6.45) is 1.59. The number of ether oxygens (including phenoxy) is 3. The second-order valence-electron chi connectivity index (χ2n) is 9.86. The van der Waals surface area contributed by atoms with Gasteiger partial charge in [0.1, 0.15) is 17.6 Å². The average Bonchev–Trinajstić information content (AvgIpc) is 3.43. The Hall–Kier alpha value is -4.26. The number of ketones is 1. The largest absolute Gasteiger partial charge is 0.507 e. The molecule has 5 rings (SSSR count). The third-order valence-corrected chi connectivity index (χ3v) is 6.95. The zero-order valence-electron chi connectivity index (χ0n) is 22.5. The summed E-state index contributed by atoms with van der Waals surface area (Å²) in [5.41, 5.74) is 3.00. The third kappa shape index (κ3) is 5.21. The molecular weight excluding hydrogens is 494 g/mol. The summed E-state index contributed by atoms with van der Waals surface area (Å²) in [5.74, 6) is 0.299. The maximum Gasteiger partial charge on any atom is 0.295 e. The molecule has 1 N–H and O–H groups in total. The molecule has 0 aliphatic carbocycles. The number of aliphatic hydroxyl groups is 1. The van der Waals surface area contributed by atoms with Crippen molar-refractivity contribution in [2.24, 2.45) is 0 Å². The standard InChI is InChI=1S/C32H33NO6/c1-4-15-38-26-14-11-22(18-27(26)37-5-2)29-28(30(34)23-12-13-25-24(17-23)16-20(3)39-25)31(35)32(36)33(29)19-21-9-7-6-8-10-21/h6-14,17-18,20,29,34H,4-5,15-16,19H2,1-3H3/b30-28+/t20-,29+/m1/s1. The van der Waals surface area contributed by atoms with Crippen molar-refractivity contribution < 1.29 is 28.9 Å². The fourth-order valence-electron chi connectivity index (χ4n) is 5.19. The van der Waals surface area contributed by atoms with Crippen LogP contribution in [0.5, 0.6) is 17.2 Å². The Bertz CT molecular complexity index is 1410. The molecule has 0 unspecified atom stereocenters. The van der Waals surface area contributed by atoms with Gasteiger partial charge in [0.05, 0.1) is 24.8 Å². The Balaban J connectivity index is 1.63. The summed E-state index contributed by atoms with van der Waals surface area (Å²) < 4.78 is 17.5. The van der Waals surface area contributed by atoms with Crippen molar-refractivity contribution in [3.8, 4) is 17.2 Å². The Morgan fingerprint density at radius 3 is 2.54 bits per heavy atom. The van der Waals surface area contributed by atoms with Crippen molar-refractivity contribution in [3.63, 3.8) is 0 Å². The lowest BCUT2D eigenvalue weighted by atomic mass is 9.94. The van der Waals surface area contributed by atoms with Crippen LogP contribution >= 0.6 is 0 Å². The van der Waals surface area contributed by atoms with Gasteiger partial charge in [0.25, 0.3) is 11.7 Å². The van der Waals surface area contributed by atoms with E-state index >= 15 is 0 Å². The van der Waals surface area contributed by atoms with E-state index in [2.05, 4.69) is 0 Å². The molecule has 3 aromatic rings. The van der Waals surface area contributed by atoms with E-state index in [9.17, 15) is 14.7 Å². The van der Waals surface area contributed by atoms with Crippen LogP contribution in [0.15, 0.2) is 72.3 Å². The van der Waals surface area contributed by atoms with Crippen molar-refractivity contribution in [1.82, 2.24) is 4.90 Å². The Morgan fingerprint density at radius 2 is 1.79 bits per heavy atom. The minimum atomic E-state index is -0.812. The Kier molecular flexibility index (Phi) is 7.59. The van der Waals surface area contributed by atoms with Gasteiger partial charge in [0.2, 0.25) is 0 Å². The van der Waals surface area contributed by atoms with Gasteiger partial charge in [-0.15, -0.1) is 0 Å². The molecule has 2 atom stereocenters. The first-order chi connectivity index (χ1) is 18.9. The van der Waals surface area contributed by atoms with Gasteiger partial charge in [-0.25, -0.2) is 0 Å². The first-order valence-corrected chi connectivity index (χ1v) is 13.4. The van der Waals surface area contributed by atoms with Crippen molar-refractivity contribution in [2.45, 2.75) is 52.3 Å². The quantitative estimate of drug-likeness (QED) is 0.214. The zero-order valence-corrected chi connectivity index (χ0v) is 22.5. The number of hydrogen-bond acceptors (Lipinski definition) is 6. The van der Waals surface area contributed by atoms with E-state index in [0.717, 1.165) is 23.3 Å². The SMILES string of the molecule is CCCOc1ccc([C@H]2/C(=C(\O)c3ccc4c(c3)C[C@@H](C)O4)C(=O)C(=O)N2Cc2ccccc2)cc1OCC. The van der Waals surface area contributed by atoms with E-state index < -0.39 is 17.7 Å². The van der Waals surface area contributed by atoms with Crippen LogP contribution in [0, 0.1) is 0 Å². The van der Waals surface area contributed by atoms with Crippen LogP contribution in [0.1, 0.15) is 55.5 Å². The van der Waals surface area contributed by atoms with Crippen LogP contribution in [0.25, 0.3) is 5.76 Å². The predicted octanol–water partition coefficient (Wildman–Crippen LogP) is 5.82. The topological polar surface area (TPSA) is 85.3 Å². The summed E-state index contributed by atoms with van der Waals surface area (Å²) in [6, 6.07) is 19.5. The van der Waals surface area contributed by atoms with Crippen molar-refractivity contribution in [2.75, 3.05) is 13.2 Å². The van der Waals surface area contributed by atoms with Gasteiger partial charge in [-0.3, -0.25) is 9.59 Å². The number of rotatable bonds is 9. The zero-order chi connectivity index (χ0) is 27.5. The number of hydrogen-bond donors (Lipinski definition) is 1. The second kappa shape index (κ2) is 11.2. The molecule has 2 aliphatic rings. The fraction of sp³-hybridized carbons (Fsp3) is 0.312. The van der Waals surface area contributed by atoms with Crippen molar-refractivity contribution in [1.29, 1.82) is 0 Å². The fourth-order valence-corrected chi connectivity index (χ4v) is 5.19. The molecule has 0 aromatic heterocycles. The van der Waals surface area contributed by atoms with Crippen molar-refractivity contribution >= 4 is 17.4 Å². The van der Waals surface area contributed by atoms with Gasteiger partial charge in [0.15, 0.2) is 11.5 Å². The van der Waals surface area contributed by atoms with E-state index in [1.807, 2.05) is 63.2 Å². The van der Waals surface area contributed by atoms with Gasteiger partial charge in [0, 0.05) is 18.5 Å². The van der Waals surface area contributed by atoms with E-state index in [1.165, 1.54) is 4.90 Å². The summed E-state index contributed by atoms with van der Waals surface area (Å²) in [6.45, 7) is 7.06. The molecule has 7 heteroatoms. The minimum absolute atomic E-state index is 0.0410. The highest BCUT2D eigenvalue weighted by Gasteiger charge is 2.46. The molecule has 202 valence electrons. The maximum atomic E-state index is 13.5. The molecule has 1 fully saturated rings. The molecule has 0 spiro atoms. The smallest absolute Gasteiger partial charge is 0.295 e. The van der Waals surface area contributed by atoms with Gasteiger partial charge in [-0.2, -0.15) is 0 Å². The summed E-state index contributed by atoms with van der Waals surface area (Å²) in [4.78, 5) is 28.5. The highest BCUT2D eigenvalue weighted by Crippen LogP contribution is 2.43. The third-order valence-electron chi connectivity index (χ3n) is 6.95. The summed E-state index contributed by atoms with van der Waals surface area (Å²) in [7, 11) is 0. The minimum Gasteiger partial charge on any atom is -0.507 e. The van der Waals surface area contributed by atoms with E-state index in [-0.39, 0.29) is 24.0 Å². The molecule has 2 aliphatic heterocycles. The molecule has 0 saturated carbocycles. The number of amides is 1. The van der Waals surface area contributed by atoms with Gasteiger partial charge in [-0.1, -0.05) is 43.3 Å². The van der Waals surface area contributed by atoms with Crippen LogP contribution < -0.4 is 14.2 Å². The van der Waals surface area contributed by atoms with E-state index in [4.69, 9.17) is 14.2 Å². The monoisotopic (exact) mass is 527 g/mol. The first kappa shape index (κ1) is 26.4. The molecule has 1 amide bonds. The molecule has 1 saturated heterocycles. The maximum absolute atomic E-state index is 13.5. The first-order valence-electron chi connectivity index (χ1n) is 13.4. The van der Waals surface area contributed by atoms with Crippen LogP contribution in [0.2, 0.25) is 0 Å². The normalized spacial score (nSPS) is 19.6. The summed E-state index contributed by atoms with van der Waals surface area (Å²) in [5, 5.41) is 11.5. The number of benzene rings is 3. The van der Waals surface area contributed by atoms with Crippen LogP contribution in [-0.2, 0) is 22.6 Å². The molecular formula is C32H33NO6. The van der Waals surface area contributed by atoms with Gasteiger partial charge < -0.3 is 24.2 Å². The lowest BCUT2D eigenvalue weighted by Crippen LogP contribution is -2.29. The lowest BCUT2D eigenvalue weighted by molar-refractivity contribution is -0.140. The summed E-state index contributed by atoms with van der Waals surface area (Å²) >= 11 is 0. The molecule has 0 bridgehead atoms. The van der Waals surface area contributed by atoms with Crippen LogP contribution in [0.4, 0.5) is 0 Å². The number of aliphatic hydroxyl groups excluding tert-OH is 1. The van der Waals surface area contributed by atoms with Gasteiger partial charge in [-0.05, 0) is 67.3 Å². The van der Waals surface area contributed by atoms with Crippen molar-refractivity contribution in [3.05, 3.63) is 94.6 Å². The second-order valence-corrected chi connectivity index (χ2v) is 9.86. The molecule has 3 aromatic carbocycles. The molecule has 2 heterocycles. The predicted molar refractivity (Wildman–Crippen MR) is 148 cm³/mol. The highest BCUT2D eigenvalue weighted by molar-refractivity contribution is 6.46. The highest BCUT2D eigenvalue weighted by atomic mass is 16.5. The number of fused-ring (bicyclic) bond motifs is 1. The number of nitrogens with zero attached hydrogens (tertiary/aromatic N) is 1. The van der Waals surface area contributed by atoms with Crippen LogP contribution in [0.3, 0.4) is 0 Å². The Morgan fingerprint density at radius 1 is 1.00 bits per heavy atom. The lowest BCUT2D eigenvalue weighted by Gasteiger charge is -2.26. The Labute approximate surface area is 228 Å². The number of Topliss-reactive ketones (excluding diaryl/α,β-unsaturated/α-hetero) is 1. The molecule has 7 nitrogen and oxygen atoms in total. The van der Waals surface area contributed by atoms with E-state index in [1.54, 1.807) is 24.3 Å². The van der Waals surface area contributed by atoms with Gasteiger partial charge >= 0.3 is 0 Å². The average molecular weight is 528 g/mol. The number of carbonyl (C=O) groups is 2. The number of likely N-dealkylation sites (tertiary alicyclic amines) is 1.